The average Bonchev–Trinajstić information content (AvgIpc) is 2.81. The number of carbonyl (C=O) groups is 1. The first-order valence-electron chi connectivity index (χ1n) is 6.19. The summed E-state index contributed by atoms with van der Waals surface area (Å²) in [5, 5.41) is 6.87. The molecule has 3 rings (SSSR count). The molecule has 2 N–H and O–H groups in total. The van der Waals surface area contributed by atoms with Crippen LogP contribution in [0.4, 0.5) is 5.13 Å². The molecule has 5 nitrogen and oxygen atoms in total. The lowest BCUT2D eigenvalue weighted by Gasteiger charge is -2.09. The molecule has 0 aliphatic carbocycles. The van der Waals surface area contributed by atoms with Gasteiger partial charge in [0.2, 0.25) is 5.91 Å². The first-order valence-corrected chi connectivity index (χ1v) is 7.01. The minimum Gasteiger partial charge on any atom is -0.311 e. The van der Waals surface area contributed by atoms with Crippen molar-refractivity contribution in [2.24, 2.45) is 0 Å². The molecule has 19 heavy (non-hydrogen) atoms. The van der Waals surface area contributed by atoms with Gasteiger partial charge in [0.05, 0.1) is 12.1 Å². The lowest BCUT2D eigenvalue weighted by atomic mass is 10.2. The first kappa shape index (κ1) is 12.3. The van der Waals surface area contributed by atoms with Crippen molar-refractivity contribution in [1.29, 1.82) is 0 Å². The molecule has 6 heteroatoms. The molecule has 0 fully saturated rings. The van der Waals surface area contributed by atoms with E-state index in [1.807, 2.05) is 12.1 Å². The Labute approximate surface area is 115 Å². The minimum atomic E-state index is -0.0368. The number of fused-ring (bicyclic) bond motifs is 1. The summed E-state index contributed by atoms with van der Waals surface area (Å²) >= 11 is 1.56. The summed E-state index contributed by atoms with van der Waals surface area (Å²) in [7, 11) is 0. The molecule has 1 aliphatic rings. The molecule has 98 valence electrons. The van der Waals surface area contributed by atoms with Crippen molar-refractivity contribution in [3.63, 3.8) is 0 Å². The monoisotopic (exact) mass is 274 g/mol. The van der Waals surface area contributed by atoms with Crippen LogP contribution in [0.3, 0.4) is 0 Å². The van der Waals surface area contributed by atoms with Crippen molar-refractivity contribution < 1.29 is 4.79 Å². The predicted molar refractivity (Wildman–Crippen MR) is 74.1 cm³/mol. The summed E-state index contributed by atoms with van der Waals surface area (Å²) in [5.74, 6) is -0.0368. The summed E-state index contributed by atoms with van der Waals surface area (Å²) in [6.07, 6.45) is 4.67. The molecule has 2 aromatic rings. The molecule has 0 saturated heterocycles. The Kier molecular flexibility index (Phi) is 3.52. The summed E-state index contributed by atoms with van der Waals surface area (Å²) < 4.78 is 0. The zero-order valence-corrected chi connectivity index (χ0v) is 11.2. The van der Waals surface area contributed by atoms with Crippen LogP contribution in [-0.4, -0.2) is 22.4 Å². The Morgan fingerprint density at radius 3 is 3.05 bits per heavy atom. The molecule has 0 aromatic carbocycles. The van der Waals surface area contributed by atoms with E-state index in [0.29, 0.717) is 11.6 Å². The number of thiazole rings is 1. The molecule has 2 aromatic heterocycles. The second-order valence-corrected chi connectivity index (χ2v) is 5.48. The highest BCUT2D eigenvalue weighted by Crippen LogP contribution is 2.25. The van der Waals surface area contributed by atoms with Crippen LogP contribution in [0.5, 0.6) is 0 Å². The second-order valence-electron chi connectivity index (χ2n) is 4.40. The third kappa shape index (κ3) is 2.97. The van der Waals surface area contributed by atoms with E-state index in [1.165, 1.54) is 4.88 Å². The lowest BCUT2D eigenvalue weighted by molar-refractivity contribution is -0.115. The average molecular weight is 274 g/mol. The molecule has 1 amide bonds. The van der Waals surface area contributed by atoms with Crippen molar-refractivity contribution in [2.45, 2.75) is 19.4 Å². The molecule has 0 radical (unpaired) electrons. The number of hydrogen-bond acceptors (Lipinski definition) is 5. The van der Waals surface area contributed by atoms with Crippen molar-refractivity contribution in [3.05, 3.63) is 40.7 Å². The van der Waals surface area contributed by atoms with Gasteiger partial charge in [-0.1, -0.05) is 0 Å². The number of nitrogens with zero attached hydrogens (tertiary/aromatic N) is 2. The van der Waals surface area contributed by atoms with Crippen molar-refractivity contribution in [1.82, 2.24) is 15.3 Å². The highest BCUT2D eigenvalue weighted by atomic mass is 32.1. The fourth-order valence-corrected chi connectivity index (χ4v) is 3.02. The number of amides is 1. The van der Waals surface area contributed by atoms with Gasteiger partial charge in [-0.3, -0.25) is 9.78 Å². The number of aromatic nitrogens is 2. The fraction of sp³-hybridized carbons (Fsp3) is 0.308. The highest BCUT2D eigenvalue weighted by molar-refractivity contribution is 7.15. The Balaban J connectivity index is 1.65. The number of anilines is 1. The van der Waals surface area contributed by atoms with E-state index in [0.717, 1.165) is 30.8 Å². The van der Waals surface area contributed by atoms with Crippen LogP contribution >= 0.6 is 11.3 Å². The van der Waals surface area contributed by atoms with Crippen LogP contribution < -0.4 is 10.6 Å². The van der Waals surface area contributed by atoms with Gasteiger partial charge in [0, 0.05) is 36.8 Å². The molecule has 0 atom stereocenters. The van der Waals surface area contributed by atoms with Gasteiger partial charge in [-0.05, 0) is 17.7 Å². The normalized spacial score (nSPS) is 13.9. The molecule has 0 spiro atoms. The quantitative estimate of drug-likeness (QED) is 0.887. The van der Waals surface area contributed by atoms with E-state index in [9.17, 15) is 4.79 Å². The summed E-state index contributed by atoms with van der Waals surface area (Å²) in [6, 6.07) is 3.69. The van der Waals surface area contributed by atoms with Crippen LogP contribution in [0.25, 0.3) is 0 Å². The van der Waals surface area contributed by atoms with E-state index in [1.54, 1.807) is 23.7 Å². The molecule has 0 bridgehead atoms. The SMILES string of the molecule is O=C(Cc1ccncc1)Nc1nc2c(s1)CNCC2. The molecule has 0 saturated carbocycles. The van der Waals surface area contributed by atoms with Gasteiger partial charge in [0.1, 0.15) is 0 Å². The fourth-order valence-electron chi connectivity index (χ4n) is 2.03. The van der Waals surface area contributed by atoms with Crippen LogP contribution in [0, 0.1) is 0 Å². The maximum Gasteiger partial charge on any atom is 0.230 e. The first-order chi connectivity index (χ1) is 9.31. The van der Waals surface area contributed by atoms with Gasteiger partial charge in [0.25, 0.3) is 0 Å². The van der Waals surface area contributed by atoms with Gasteiger partial charge < -0.3 is 10.6 Å². The number of hydrogen-bond donors (Lipinski definition) is 2. The Bertz CT molecular complexity index is 558. The summed E-state index contributed by atoms with van der Waals surface area (Å²) in [5.41, 5.74) is 2.07. The van der Waals surface area contributed by atoms with Crippen LogP contribution in [0.1, 0.15) is 16.1 Å². The van der Waals surface area contributed by atoms with Crippen molar-refractivity contribution in [2.75, 3.05) is 11.9 Å². The van der Waals surface area contributed by atoms with E-state index in [-0.39, 0.29) is 5.91 Å². The third-order valence-electron chi connectivity index (χ3n) is 2.96. The predicted octanol–water partition coefficient (Wildman–Crippen LogP) is 1.36. The zero-order chi connectivity index (χ0) is 13.1. The van der Waals surface area contributed by atoms with E-state index in [4.69, 9.17) is 0 Å². The Morgan fingerprint density at radius 1 is 1.42 bits per heavy atom. The molecular formula is C13H14N4OS. The Hall–Kier alpha value is -1.79. The minimum absolute atomic E-state index is 0.0368. The smallest absolute Gasteiger partial charge is 0.230 e. The van der Waals surface area contributed by atoms with Crippen LogP contribution in [0.2, 0.25) is 0 Å². The number of carbonyl (C=O) groups excluding carboxylic acids is 1. The van der Waals surface area contributed by atoms with E-state index < -0.39 is 0 Å². The van der Waals surface area contributed by atoms with Gasteiger partial charge in [-0.2, -0.15) is 0 Å². The van der Waals surface area contributed by atoms with Gasteiger partial charge in [-0.25, -0.2) is 4.98 Å². The number of nitrogens with one attached hydrogen (secondary N) is 2. The van der Waals surface area contributed by atoms with Crippen molar-refractivity contribution >= 4 is 22.4 Å². The zero-order valence-electron chi connectivity index (χ0n) is 10.3. The van der Waals surface area contributed by atoms with Gasteiger partial charge >= 0.3 is 0 Å². The van der Waals surface area contributed by atoms with Crippen LogP contribution in [0.15, 0.2) is 24.5 Å². The number of rotatable bonds is 3. The van der Waals surface area contributed by atoms with Crippen molar-refractivity contribution in [3.8, 4) is 0 Å². The maximum absolute atomic E-state index is 11.9. The molecule has 1 aliphatic heterocycles. The molecule has 3 heterocycles. The van der Waals surface area contributed by atoms with Gasteiger partial charge in [0.15, 0.2) is 5.13 Å². The maximum atomic E-state index is 11.9. The van der Waals surface area contributed by atoms with E-state index in [2.05, 4.69) is 20.6 Å². The standard InChI is InChI=1S/C13H14N4OS/c18-12(7-9-1-4-14-5-2-9)17-13-16-10-3-6-15-8-11(10)19-13/h1-2,4-5,15H,3,6-8H2,(H,16,17,18). The van der Waals surface area contributed by atoms with Crippen LogP contribution in [-0.2, 0) is 24.2 Å². The Morgan fingerprint density at radius 2 is 2.26 bits per heavy atom. The van der Waals surface area contributed by atoms with E-state index >= 15 is 0 Å². The second kappa shape index (κ2) is 5.46. The largest absolute Gasteiger partial charge is 0.311 e. The molecular weight excluding hydrogens is 260 g/mol. The topological polar surface area (TPSA) is 66.9 Å². The number of pyridine rings is 1. The third-order valence-corrected chi connectivity index (χ3v) is 3.98. The molecule has 0 unspecified atom stereocenters. The lowest BCUT2D eigenvalue weighted by Crippen LogP contribution is -2.22. The highest BCUT2D eigenvalue weighted by Gasteiger charge is 2.15. The summed E-state index contributed by atoms with van der Waals surface area (Å²) in [6.45, 7) is 1.81. The summed E-state index contributed by atoms with van der Waals surface area (Å²) in [4.78, 5) is 21.5. The van der Waals surface area contributed by atoms with Gasteiger partial charge in [-0.15, -0.1) is 11.3 Å².